The van der Waals surface area contributed by atoms with Crippen molar-refractivity contribution < 1.29 is 19.4 Å². The number of benzene rings is 1. The summed E-state index contributed by atoms with van der Waals surface area (Å²) in [6, 6.07) is 9.54. The van der Waals surface area contributed by atoms with Crippen molar-refractivity contribution in [2.45, 2.75) is 6.92 Å². The van der Waals surface area contributed by atoms with Gasteiger partial charge in [0.2, 0.25) is 5.88 Å². The summed E-state index contributed by atoms with van der Waals surface area (Å²) >= 11 is 0. The highest BCUT2D eigenvalue weighted by Crippen LogP contribution is 2.23. The first-order valence-corrected chi connectivity index (χ1v) is 5.92. The van der Waals surface area contributed by atoms with E-state index in [4.69, 9.17) is 9.84 Å². The van der Waals surface area contributed by atoms with Gasteiger partial charge in [0, 0.05) is 17.2 Å². The van der Waals surface area contributed by atoms with Gasteiger partial charge < -0.3 is 9.84 Å². The molecule has 1 heterocycles. The first kappa shape index (κ1) is 13.7. The Hall–Kier alpha value is -2.69. The van der Waals surface area contributed by atoms with E-state index in [2.05, 4.69) is 4.98 Å². The normalized spacial score (nSPS) is 10.1. The minimum absolute atomic E-state index is 0.110. The van der Waals surface area contributed by atoms with E-state index in [1.165, 1.54) is 26.2 Å². The predicted molar refractivity (Wildman–Crippen MR) is 73.2 cm³/mol. The van der Waals surface area contributed by atoms with E-state index < -0.39 is 5.97 Å². The van der Waals surface area contributed by atoms with E-state index in [1.807, 2.05) is 0 Å². The molecule has 2 aromatic rings. The quantitative estimate of drug-likeness (QED) is 0.865. The molecule has 20 heavy (non-hydrogen) atoms. The van der Waals surface area contributed by atoms with Crippen LogP contribution in [0.5, 0.6) is 5.88 Å². The van der Waals surface area contributed by atoms with Crippen LogP contribution < -0.4 is 4.74 Å². The van der Waals surface area contributed by atoms with Crippen LogP contribution in [0.15, 0.2) is 36.4 Å². The Kier molecular flexibility index (Phi) is 3.79. The summed E-state index contributed by atoms with van der Waals surface area (Å²) in [5.41, 5.74) is 1.74. The Morgan fingerprint density at radius 3 is 2.50 bits per heavy atom. The van der Waals surface area contributed by atoms with Crippen LogP contribution in [0.25, 0.3) is 11.3 Å². The molecular formula is C15H13NO4. The lowest BCUT2D eigenvalue weighted by molar-refractivity contribution is 0.0696. The number of aromatic nitrogens is 1. The number of carbonyl (C=O) groups excluding carboxylic acids is 1. The summed E-state index contributed by atoms with van der Waals surface area (Å²) in [5, 5.41) is 9.00. The first-order chi connectivity index (χ1) is 9.51. The van der Waals surface area contributed by atoms with Crippen LogP contribution in [0, 0.1) is 0 Å². The van der Waals surface area contributed by atoms with Crippen LogP contribution in [0.1, 0.15) is 27.6 Å². The van der Waals surface area contributed by atoms with Crippen molar-refractivity contribution in [3.63, 3.8) is 0 Å². The van der Waals surface area contributed by atoms with E-state index in [9.17, 15) is 9.59 Å². The van der Waals surface area contributed by atoms with Gasteiger partial charge in [-0.25, -0.2) is 9.78 Å². The van der Waals surface area contributed by atoms with Crippen molar-refractivity contribution in [1.29, 1.82) is 0 Å². The Morgan fingerprint density at radius 1 is 1.15 bits per heavy atom. The number of hydrogen-bond acceptors (Lipinski definition) is 4. The van der Waals surface area contributed by atoms with E-state index >= 15 is 0 Å². The van der Waals surface area contributed by atoms with Crippen molar-refractivity contribution in [3.8, 4) is 17.1 Å². The molecule has 0 unspecified atom stereocenters. The summed E-state index contributed by atoms with van der Waals surface area (Å²) in [6.45, 7) is 1.45. The second-order valence-corrected chi connectivity index (χ2v) is 4.23. The summed E-state index contributed by atoms with van der Waals surface area (Å²) in [7, 11) is 1.46. The molecule has 0 fully saturated rings. The van der Waals surface area contributed by atoms with E-state index in [0.29, 0.717) is 22.7 Å². The van der Waals surface area contributed by atoms with Crippen molar-refractivity contribution in [1.82, 2.24) is 4.98 Å². The van der Waals surface area contributed by atoms with Gasteiger partial charge in [-0.2, -0.15) is 0 Å². The number of ether oxygens (including phenoxy) is 1. The Labute approximate surface area is 115 Å². The molecule has 0 amide bonds. The zero-order valence-corrected chi connectivity index (χ0v) is 11.1. The zero-order chi connectivity index (χ0) is 14.7. The number of aromatic carboxylic acids is 1. The summed E-state index contributed by atoms with van der Waals surface area (Å²) in [6.07, 6.45) is 0. The van der Waals surface area contributed by atoms with Crippen LogP contribution in [-0.4, -0.2) is 29.0 Å². The van der Waals surface area contributed by atoms with Gasteiger partial charge in [-0.05, 0) is 25.1 Å². The lowest BCUT2D eigenvalue weighted by Gasteiger charge is -2.07. The Bertz CT molecular complexity index is 679. The first-order valence-electron chi connectivity index (χ1n) is 5.92. The highest BCUT2D eigenvalue weighted by Gasteiger charge is 2.10. The average Bonchev–Trinajstić information content (AvgIpc) is 2.46. The fourth-order valence-electron chi connectivity index (χ4n) is 1.77. The molecule has 0 saturated heterocycles. The maximum Gasteiger partial charge on any atom is 0.335 e. The van der Waals surface area contributed by atoms with Crippen molar-refractivity contribution in [2.75, 3.05) is 7.11 Å². The van der Waals surface area contributed by atoms with Gasteiger partial charge in [0.05, 0.1) is 18.4 Å². The molecule has 0 radical (unpaired) electrons. The molecule has 5 heteroatoms. The highest BCUT2D eigenvalue weighted by atomic mass is 16.5. The molecular weight excluding hydrogens is 258 g/mol. The van der Waals surface area contributed by atoms with E-state index in [1.54, 1.807) is 24.3 Å². The van der Waals surface area contributed by atoms with Crippen LogP contribution >= 0.6 is 0 Å². The molecule has 1 aromatic carbocycles. The number of methoxy groups -OCH3 is 1. The molecule has 1 N–H and O–H groups in total. The number of Topliss-reactive ketones (excluding diaryl/α,β-unsaturated/α-hetero) is 1. The minimum atomic E-state index is -1.01. The lowest BCUT2D eigenvalue weighted by atomic mass is 10.0. The molecule has 0 bridgehead atoms. The zero-order valence-electron chi connectivity index (χ0n) is 11.1. The monoisotopic (exact) mass is 271 g/mol. The third kappa shape index (κ3) is 2.83. The number of hydrogen-bond donors (Lipinski definition) is 1. The van der Waals surface area contributed by atoms with Gasteiger partial charge in [0.25, 0.3) is 0 Å². The standard InChI is InChI=1S/C15H13NO4/c1-9(17)12-7-13(16-14(8-12)20-2)10-4-3-5-11(6-10)15(18)19/h3-8H,1-2H3,(H,18,19). The fraction of sp³-hybridized carbons (Fsp3) is 0.133. The third-order valence-electron chi connectivity index (χ3n) is 2.82. The van der Waals surface area contributed by atoms with Gasteiger partial charge in [0.1, 0.15) is 0 Å². The molecule has 0 aliphatic carbocycles. The number of rotatable bonds is 4. The van der Waals surface area contributed by atoms with Crippen LogP contribution in [0.4, 0.5) is 0 Å². The lowest BCUT2D eigenvalue weighted by Crippen LogP contribution is -1.99. The Balaban J connectivity index is 2.56. The predicted octanol–water partition coefficient (Wildman–Crippen LogP) is 2.66. The summed E-state index contributed by atoms with van der Waals surface area (Å²) in [4.78, 5) is 26.7. The third-order valence-corrected chi connectivity index (χ3v) is 2.82. The molecule has 2 rings (SSSR count). The summed E-state index contributed by atoms with van der Waals surface area (Å²) in [5.74, 6) is -0.809. The summed E-state index contributed by atoms with van der Waals surface area (Å²) < 4.78 is 5.07. The van der Waals surface area contributed by atoms with Crippen LogP contribution in [-0.2, 0) is 0 Å². The van der Waals surface area contributed by atoms with Crippen molar-refractivity contribution >= 4 is 11.8 Å². The van der Waals surface area contributed by atoms with Gasteiger partial charge in [0.15, 0.2) is 5.78 Å². The second-order valence-electron chi connectivity index (χ2n) is 4.23. The molecule has 102 valence electrons. The van der Waals surface area contributed by atoms with E-state index in [0.717, 1.165) is 0 Å². The van der Waals surface area contributed by atoms with Crippen LogP contribution in [0.3, 0.4) is 0 Å². The SMILES string of the molecule is COc1cc(C(C)=O)cc(-c2cccc(C(=O)O)c2)n1. The smallest absolute Gasteiger partial charge is 0.335 e. The van der Waals surface area contributed by atoms with Gasteiger partial charge >= 0.3 is 5.97 Å². The maximum atomic E-state index is 11.5. The number of carboxylic acids is 1. The number of carboxylic acid groups (broad SMARTS) is 1. The number of pyridine rings is 1. The second kappa shape index (κ2) is 5.52. The van der Waals surface area contributed by atoms with Gasteiger partial charge in [-0.15, -0.1) is 0 Å². The molecule has 5 nitrogen and oxygen atoms in total. The molecule has 0 spiro atoms. The van der Waals surface area contributed by atoms with Gasteiger partial charge in [-0.1, -0.05) is 12.1 Å². The largest absolute Gasteiger partial charge is 0.481 e. The minimum Gasteiger partial charge on any atom is -0.481 e. The highest BCUT2D eigenvalue weighted by molar-refractivity contribution is 5.95. The molecule has 0 saturated carbocycles. The number of carbonyl (C=O) groups is 2. The molecule has 0 aliphatic heterocycles. The molecule has 0 aliphatic rings. The van der Waals surface area contributed by atoms with Gasteiger partial charge in [-0.3, -0.25) is 4.79 Å². The Morgan fingerprint density at radius 2 is 1.90 bits per heavy atom. The fourth-order valence-corrected chi connectivity index (χ4v) is 1.77. The maximum absolute atomic E-state index is 11.5. The molecule has 0 atom stereocenters. The van der Waals surface area contributed by atoms with Crippen molar-refractivity contribution in [2.24, 2.45) is 0 Å². The van der Waals surface area contributed by atoms with Crippen molar-refractivity contribution in [3.05, 3.63) is 47.5 Å². The number of ketones is 1. The average molecular weight is 271 g/mol. The number of nitrogens with zero attached hydrogens (tertiary/aromatic N) is 1. The molecule has 1 aromatic heterocycles. The topological polar surface area (TPSA) is 76.5 Å². The van der Waals surface area contributed by atoms with Crippen LogP contribution in [0.2, 0.25) is 0 Å². The van der Waals surface area contributed by atoms with E-state index in [-0.39, 0.29) is 11.3 Å².